The van der Waals surface area contributed by atoms with Gasteiger partial charge in [-0.2, -0.15) is 0 Å². The lowest BCUT2D eigenvalue weighted by molar-refractivity contribution is -0.448. The molecule has 1 aliphatic heterocycles. The van der Waals surface area contributed by atoms with Crippen LogP contribution in [0.5, 0.6) is 0 Å². The Morgan fingerprint density at radius 1 is 1.41 bits per heavy atom. The molecule has 0 bridgehead atoms. The van der Waals surface area contributed by atoms with Crippen molar-refractivity contribution in [1.82, 2.24) is 15.3 Å². The molecule has 3 heterocycles. The molecule has 32 heavy (non-hydrogen) atoms. The molecule has 0 saturated carbocycles. The van der Waals surface area contributed by atoms with Gasteiger partial charge in [-0.05, 0) is 30.0 Å². The number of benzene rings is 1. The van der Waals surface area contributed by atoms with Gasteiger partial charge >= 0.3 is 0 Å². The van der Waals surface area contributed by atoms with Crippen molar-refractivity contribution in [2.75, 3.05) is 39.1 Å². The maximum absolute atomic E-state index is 10.9. The highest BCUT2D eigenvalue weighted by Gasteiger charge is 2.28. The molecule has 1 aliphatic rings. The predicted molar refractivity (Wildman–Crippen MR) is 132 cm³/mol. The first-order valence-electron chi connectivity index (χ1n) is 10.4. The van der Waals surface area contributed by atoms with E-state index in [-0.39, 0.29) is 5.91 Å². The number of amides is 1. The number of nitrogens with zero attached hydrogens (tertiary/aromatic N) is 1. The molecule has 1 unspecified atom stereocenters. The van der Waals surface area contributed by atoms with E-state index in [1.807, 2.05) is 13.1 Å². The van der Waals surface area contributed by atoms with E-state index in [0.717, 1.165) is 56.6 Å². The lowest BCUT2D eigenvalue weighted by atomic mass is 10.0. The maximum Gasteiger partial charge on any atom is 0.257 e. The van der Waals surface area contributed by atoms with Crippen LogP contribution in [0.15, 0.2) is 41.6 Å². The number of pyridine rings is 1. The highest BCUT2D eigenvalue weighted by molar-refractivity contribution is 8.14. The maximum atomic E-state index is 10.9. The number of carbonyl (C=O) groups excluding carboxylic acids is 1. The number of aromatic nitrogens is 2. The largest absolute Gasteiger partial charge is 0.386 e. The number of hydrogen-bond donors (Lipinski definition) is 5. The molecular formula is C22H27N6O2S2+. The summed E-state index contributed by atoms with van der Waals surface area (Å²) in [6, 6.07) is 10.4. The zero-order valence-corrected chi connectivity index (χ0v) is 19.7. The number of hydrogen-bond acceptors (Lipinski definition) is 7. The number of carbonyl (C=O) groups is 1. The van der Waals surface area contributed by atoms with Gasteiger partial charge in [0.25, 0.3) is 5.04 Å². The Morgan fingerprint density at radius 3 is 3.06 bits per heavy atom. The van der Waals surface area contributed by atoms with Gasteiger partial charge in [0, 0.05) is 61.3 Å². The second-order valence-electron chi connectivity index (χ2n) is 7.36. The molecule has 4 rings (SSSR count). The molecule has 1 aromatic carbocycles. The molecule has 1 amide bonds. The van der Waals surface area contributed by atoms with Gasteiger partial charge in [-0.25, -0.2) is 9.98 Å². The SMILES string of the molecule is CNc1c(-c2cccnc2SOC)ccc2cc(C3=[NH+]CC(CNCCC(N)=O)S3)[nH]c12. The molecule has 0 saturated heterocycles. The van der Waals surface area contributed by atoms with Crippen LogP contribution in [0.2, 0.25) is 0 Å². The monoisotopic (exact) mass is 471 g/mol. The van der Waals surface area contributed by atoms with E-state index < -0.39 is 0 Å². The van der Waals surface area contributed by atoms with E-state index in [0.29, 0.717) is 18.2 Å². The third kappa shape index (κ3) is 4.93. The Hall–Kier alpha value is -2.53. The third-order valence-electron chi connectivity index (χ3n) is 5.21. The van der Waals surface area contributed by atoms with Crippen LogP contribution in [0, 0.1) is 0 Å². The molecule has 6 N–H and O–H groups in total. The minimum absolute atomic E-state index is 0.279. The summed E-state index contributed by atoms with van der Waals surface area (Å²) in [5, 5.41) is 10.2. The summed E-state index contributed by atoms with van der Waals surface area (Å²) in [5.41, 5.74) is 10.4. The van der Waals surface area contributed by atoms with Gasteiger partial charge in [0.2, 0.25) is 5.91 Å². The Bertz CT molecular complexity index is 1150. The van der Waals surface area contributed by atoms with Crippen molar-refractivity contribution in [2.24, 2.45) is 5.73 Å². The number of nitrogens with two attached hydrogens (primary N) is 1. The van der Waals surface area contributed by atoms with E-state index in [4.69, 9.17) is 9.92 Å². The third-order valence-corrected chi connectivity index (χ3v) is 7.13. The summed E-state index contributed by atoms with van der Waals surface area (Å²) >= 11 is 3.06. The van der Waals surface area contributed by atoms with Crippen LogP contribution in [0.4, 0.5) is 5.69 Å². The highest BCUT2D eigenvalue weighted by Crippen LogP contribution is 2.38. The summed E-state index contributed by atoms with van der Waals surface area (Å²) in [5.74, 6) is -0.279. The Labute approximate surface area is 195 Å². The van der Waals surface area contributed by atoms with Crippen LogP contribution in [0.1, 0.15) is 12.1 Å². The number of nitrogens with one attached hydrogen (secondary N) is 4. The number of thioether (sulfide) groups is 1. The van der Waals surface area contributed by atoms with Gasteiger partial charge in [-0.15, -0.1) is 0 Å². The van der Waals surface area contributed by atoms with Crippen LogP contribution in [0.3, 0.4) is 0 Å². The van der Waals surface area contributed by atoms with Crippen molar-refractivity contribution in [1.29, 1.82) is 0 Å². The topological polar surface area (TPSA) is 119 Å². The summed E-state index contributed by atoms with van der Waals surface area (Å²) in [7, 11) is 3.58. The molecule has 0 spiro atoms. The number of rotatable bonds is 10. The van der Waals surface area contributed by atoms with E-state index >= 15 is 0 Å². The van der Waals surface area contributed by atoms with Crippen molar-refractivity contribution in [3.63, 3.8) is 0 Å². The molecule has 2 aromatic heterocycles. The Balaban J connectivity index is 1.56. The number of H-pyrrole nitrogens is 1. The summed E-state index contributed by atoms with van der Waals surface area (Å²) < 4.78 is 5.26. The minimum atomic E-state index is -0.279. The Morgan fingerprint density at radius 2 is 2.28 bits per heavy atom. The quantitative estimate of drug-likeness (QED) is 0.224. The lowest BCUT2D eigenvalue weighted by Gasteiger charge is -2.13. The average molecular weight is 472 g/mol. The smallest absolute Gasteiger partial charge is 0.257 e. The first-order chi connectivity index (χ1) is 15.6. The molecule has 3 aromatic rings. The first-order valence-corrected chi connectivity index (χ1v) is 12.0. The average Bonchev–Trinajstić information content (AvgIpc) is 3.43. The zero-order chi connectivity index (χ0) is 22.5. The van der Waals surface area contributed by atoms with Crippen molar-refractivity contribution < 1.29 is 14.0 Å². The molecule has 8 nitrogen and oxygen atoms in total. The number of primary amides is 1. The molecule has 0 fully saturated rings. The van der Waals surface area contributed by atoms with Crippen LogP contribution in [-0.2, 0) is 8.98 Å². The fraction of sp³-hybridized carbons (Fsp3) is 0.318. The van der Waals surface area contributed by atoms with E-state index in [1.165, 1.54) is 12.0 Å². The summed E-state index contributed by atoms with van der Waals surface area (Å²) in [6.45, 7) is 2.30. The molecule has 0 radical (unpaired) electrons. The predicted octanol–water partition coefficient (Wildman–Crippen LogP) is 1.33. The van der Waals surface area contributed by atoms with Crippen molar-refractivity contribution in [3.05, 3.63) is 42.2 Å². The van der Waals surface area contributed by atoms with Gasteiger partial charge < -0.3 is 25.5 Å². The van der Waals surface area contributed by atoms with Gasteiger partial charge in [-0.1, -0.05) is 12.1 Å². The van der Waals surface area contributed by atoms with Crippen molar-refractivity contribution >= 4 is 51.3 Å². The van der Waals surface area contributed by atoms with Crippen LogP contribution in [0.25, 0.3) is 22.0 Å². The second-order valence-corrected chi connectivity index (χ2v) is 9.56. The molecule has 10 heteroatoms. The fourth-order valence-electron chi connectivity index (χ4n) is 3.75. The zero-order valence-electron chi connectivity index (χ0n) is 18.0. The number of anilines is 1. The Kier molecular flexibility index (Phi) is 7.36. The van der Waals surface area contributed by atoms with Crippen molar-refractivity contribution in [3.8, 4) is 11.1 Å². The normalized spacial score (nSPS) is 15.8. The van der Waals surface area contributed by atoms with Crippen LogP contribution >= 0.6 is 23.8 Å². The fourth-order valence-corrected chi connectivity index (χ4v) is 5.39. The molecule has 1 atom stereocenters. The van der Waals surface area contributed by atoms with Gasteiger partial charge in [0.15, 0.2) is 6.54 Å². The molecule has 0 aliphatic carbocycles. The highest BCUT2D eigenvalue weighted by atomic mass is 32.2. The van der Waals surface area contributed by atoms with Gasteiger partial charge in [0.05, 0.1) is 23.6 Å². The second kappa shape index (κ2) is 10.4. The van der Waals surface area contributed by atoms with Gasteiger partial charge in [-0.3, -0.25) is 4.79 Å². The number of aromatic amines is 1. The van der Waals surface area contributed by atoms with Crippen molar-refractivity contribution in [2.45, 2.75) is 16.7 Å². The van der Waals surface area contributed by atoms with E-state index in [2.05, 4.69) is 49.9 Å². The lowest BCUT2D eigenvalue weighted by Crippen LogP contribution is -2.71. The standard InChI is InChI=1S/C22H26N6O2S2/c1-24-20-15(16-4-3-8-26-21(16)32-30-2)6-5-13-10-17(28-19(13)20)22-27-12-14(31-22)11-25-9-7-18(23)29/h3-6,8,10,14,24-25,28H,7,9,11-12H2,1-2H3,(H2,23,29)/p+1. The molecular weight excluding hydrogens is 444 g/mol. The first kappa shape index (κ1) is 22.7. The summed E-state index contributed by atoms with van der Waals surface area (Å²) in [6.07, 6.45) is 2.13. The van der Waals surface area contributed by atoms with Crippen LogP contribution < -0.4 is 21.4 Å². The van der Waals surface area contributed by atoms with Crippen LogP contribution in [-0.4, -0.2) is 60.0 Å². The van der Waals surface area contributed by atoms with Gasteiger partial charge in [0.1, 0.15) is 10.7 Å². The van der Waals surface area contributed by atoms with E-state index in [9.17, 15) is 4.79 Å². The number of fused-ring (bicyclic) bond motifs is 1. The van der Waals surface area contributed by atoms with E-state index in [1.54, 1.807) is 25.1 Å². The summed E-state index contributed by atoms with van der Waals surface area (Å²) in [4.78, 5) is 22.5. The molecule has 168 valence electrons. The minimum Gasteiger partial charge on any atom is -0.386 e.